The van der Waals surface area contributed by atoms with Gasteiger partial charge in [-0.25, -0.2) is 0 Å². The van der Waals surface area contributed by atoms with Crippen LogP contribution in [0.4, 0.5) is 0 Å². The van der Waals surface area contributed by atoms with Crippen molar-refractivity contribution in [3.05, 3.63) is 29.8 Å². The number of hydrogen-bond donors (Lipinski definition) is 1. The van der Waals surface area contributed by atoms with Gasteiger partial charge in [0.25, 0.3) is 0 Å². The zero-order valence-corrected chi connectivity index (χ0v) is 9.74. The molecule has 1 aliphatic heterocycles. The zero-order chi connectivity index (χ0) is 11.2. The number of hydrogen-bond acceptors (Lipinski definition) is 3. The lowest BCUT2D eigenvalue weighted by molar-refractivity contribution is 0.166. The summed E-state index contributed by atoms with van der Waals surface area (Å²) in [5, 5.41) is 3.15. The molecule has 0 bridgehead atoms. The SMILES string of the molecule is CNCc1ccccc1OCC1CCOC1. The van der Waals surface area contributed by atoms with E-state index in [0.717, 1.165) is 38.5 Å². The van der Waals surface area contributed by atoms with Gasteiger partial charge in [0.05, 0.1) is 13.2 Å². The Hall–Kier alpha value is -1.06. The minimum atomic E-state index is 0.558. The van der Waals surface area contributed by atoms with E-state index in [1.165, 1.54) is 5.56 Å². The molecule has 1 aliphatic rings. The molecule has 1 aromatic carbocycles. The highest BCUT2D eigenvalue weighted by Gasteiger charge is 2.16. The second-order valence-electron chi connectivity index (χ2n) is 4.18. The van der Waals surface area contributed by atoms with Crippen LogP contribution in [0.5, 0.6) is 5.75 Å². The zero-order valence-electron chi connectivity index (χ0n) is 9.74. The second kappa shape index (κ2) is 5.87. The van der Waals surface area contributed by atoms with Crippen LogP contribution < -0.4 is 10.1 Å². The van der Waals surface area contributed by atoms with E-state index in [9.17, 15) is 0 Å². The molecule has 0 saturated carbocycles. The highest BCUT2D eigenvalue weighted by atomic mass is 16.5. The van der Waals surface area contributed by atoms with Crippen LogP contribution >= 0.6 is 0 Å². The lowest BCUT2D eigenvalue weighted by Gasteiger charge is -2.13. The van der Waals surface area contributed by atoms with Crippen LogP contribution in [0.2, 0.25) is 0 Å². The predicted molar refractivity (Wildman–Crippen MR) is 63.6 cm³/mol. The summed E-state index contributed by atoms with van der Waals surface area (Å²) in [6.45, 7) is 3.33. The Bertz CT molecular complexity index is 321. The maximum absolute atomic E-state index is 5.85. The average Bonchev–Trinajstić information content (AvgIpc) is 2.81. The molecule has 3 heteroatoms. The Labute approximate surface area is 96.8 Å². The van der Waals surface area contributed by atoms with Crippen LogP contribution in [0.25, 0.3) is 0 Å². The maximum atomic E-state index is 5.85. The third kappa shape index (κ3) is 2.97. The van der Waals surface area contributed by atoms with E-state index in [1.54, 1.807) is 0 Å². The Morgan fingerprint density at radius 1 is 1.44 bits per heavy atom. The Kier molecular flexibility index (Phi) is 4.19. The van der Waals surface area contributed by atoms with Gasteiger partial charge in [-0.15, -0.1) is 0 Å². The number of ether oxygens (including phenoxy) is 2. The van der Waals surface area contributed by atoms with E-state index >= 15 is 0 Å². The summed E-state index contributed by atoms with van der Waals surface area (Å²) < 4.78 is 11.2. The molecule has 88 valence electrons. The quantitative estimate of drug-likeness (QED) is 0.822. The van der Waals surface area contributed by atoms with Crippen molar-refractivity contribution in [3.8, 4) is 5.75 Å². The van der Waals surface area contributed by atoms with Gasteiger partial charge in [-0.1, -0.05) is 18.2 Å². The van der Waals surface area contributed by atoms with Crippen molar-refractivity contribution in [2.24, 2.45) is 5.92 Å². The Balaban J connectivity index is 1.91. The smallest absolute Gasteiger partial charge is 0.123 e. The van der Waals surface area contributed by atoms with Gasteiger partial charge in [0.1, 0.15) is 5.75 Å². The van der Waals surface area contributed by atoms with Crippen LogP contribution in [0.3, 0.4) is 0 Å². The van der Waals surface area contributed by atoms with Crippen molar-refractivity contribution in [2.45, 2.75) is 13.0 Å². The monoisotopic (exact) mass is 221 g/mol. The summed E-state index contributed by atoms with van der Waals surface area (Å²) in [5.74, 6) is 1.55. The van der Waals surface area contributed by atoms with E-state index in [0.29, 0.717) is 5.92 Å². The summed E-state index contributed by atoms with van der Waals surface area (Å²) in [7, 11) is 1.95. The highest BCUT2D eigenvalue weighted by Crippen LogP contribution is 2.20. The lowest BCUT2D eigenvalue weighted by Crippen LogP contribution is -2.13. The fourth-order valence-electron chi connectivity index (χ4n) is 1.90. The summed E-state index contributed by atoms with van der Waals surface area (Å²) >= 11 is 0. The molecule has 1 atom stereocenters. The van der Waals surface area contributed by atoms with Crippen molar-refractivity contribution in [2.75, 3.05) is 26.9 Å². The third-order valence-electron chi connectivity index (χ3n) is 2.84. The van der Waals surface area contributed by atoms with Gasteiger partial charge in [-0.3, -0.25) is 0 Å². The predicted octanol–water partition coefficient (Wildman–Crippen LogP) is 1.82. The van der Waals surface area contributed by atoms with Crippen LogP contribution in [-0.2, 0) is 11.3 Å². The standard InChI is InChI=1S/C13H19NO2/c1-14-8-12-4-2-3-5-13(12)16-10-11-6-7-15-9-11/h2-5,11,14H,6-10H2,1H3. The van der Waals surface area contributed by atoms with Crippen molar-refractivity contribution in [1.29, 1.82) is 0 Å². The lowest BCUT2D eigenvalue weighted by atomic mass is 10.1. The summed E-state index contributed by atoms with van der Waals surface area (Å²) in [4.78, 5) is 0. The molecular weight excluding hydrogens is 202 g/mol. The van der Waals surface area contributed by atoms with E-state index in [2.05, 4.69) is 11.4 Å². The first kappa shape index (κ1) is 11.4. The fourth-order valence-corrected chi connectivity index (χ4v) is 1.90. The summed E-state index contributed by atoms with van der Waals surface area (Å²) in [6.07, 6.45) is 1.12. The maximum Gasteiger partial charge on any atom is 0.123 e. The molecule has 1 saturated heterocycles. The number of para-hydroxylation sites is 1. The van der Waals surface area contributed by atoms with E-state index in [-0.39, 0.29) is 0 Å². The topological polar surface area (TPSA) is 30.5 Å². The molecule has 0 spiro atoms. The first-order valence-electron chi connectivity index (χ1n) is 5.83. The molecule has 0 aromatic heterocycles. The van der Waals surface area contributed by atoms with Gasteiger partial charge in [-0.05, 0) is 19.5 Å². The molecule has 0 aliphatic carbocycles. The summed E-state index contributed by atoms with van der Waals surface area (Å²) in [6, 6.07) is 8.18. The van der Waals surface area contributed by atoms with E-state index in [1.807, 2.05) is 25.2 Å². The molecular formula is C13H19NO2. The summed E-state index contributed by atoms with van der Waals surface area (Å²) in [5.41, 5.74) is 1.21. The second-order valence-corrected chi connectivity index (χ2v) is 4.18. The van der Waals surface area contributed by atoms with Crippen molar-refractivity contribution in [1.82, 2.24) is 5.32 Å². The van der Waals surface area contributed by atoms with Crippen molar-refractivity contribution < 1.29 is 9.47 Å². The highest BCUT2D eigenvalue weighted by molar-refractivity contribution is 5.33. The fraction of sp³-hybridized carbons (Fsp3) is 0.538. The number of nitrogens with one attached hydrogen (secondary N) is 1. The first-order valence-corrected chi connectivity index (χ1v) is 5.83. The average molecular weight is 221 g/mol. The minimum absolute atomic E-state index is 0.558. The van der Waals surface area contributed by atoms with Gasteiger partial charge in [0.15, 0.2) is 0 Å². The largest absolute Gasteiger partial charge is 0.493 e. The molecule has 0 amide bonds. The van der Waals surface area contributed by atoms with E-state index < -0.39 is 0 Å². The van der Waals surface area contributed by atoms with Crippen LogP contribution in [0.1, 0.15) is 12.0 Å². The number of rotatable bonds is 5. The van der Waals surface area contributed by atoms with Gasteiger partial charge in [-0.2, -0.15) is 0 Å². The van der Waals surface area contributed by atoms with E-state index in [4.69, 9.17) is 9.47 Å². The van der Waals surface area contributed by atoms with Gasteiger partial charge in [0, 0.05) is 24.6 Å². The number of benzene rings is 1. The molecule has 2 rings (SSSR count). The molecule has 3 nitrogen and oxygen atoms in total. The molecule has 0 radical (unpaired) electrons. The van der Waals surface area contributed by atoms with Gasteiger partial charge >= 0.3 is 0 Å². The molecule has 1 heterocycles. The minimum Gasteiger partial charge on any atom is -0.493 e. The molecule has 1 aromatic rings. The molecule has 1 N–H and O–H groups in total. The Morgan fingerprint density at radius 3 is 3.06 bits per heavy atom. The van der Waals surface area contributed by atoms with Crippen LogP contribution in [-0.4, -0.2) is 26.9 Å². The first-order chi connectivity index (χ1) is 7.90. The Morgan fingerprint density at radius 2 is 2.31 bits per heavy atom. The molecule has 1 fully saturated rings. The van der Waals surface area contributed by atoms with Crippen LogP contribution in [0.15, 0.2) is 24.3 Å². The van der Waals surface area contributed by atoms with Gasteiger partial charge in [0.2, 0.25) is 0 Å². The molecule has 16 heavy (non-hydrogen) atoms. The van der Waals surface area contributed by atoms with Crippen molar-refractivity contribution in [3.63, 3.8) is 0 Å². The van der Waals surface area contributed by atoms with Gasteiger partial charge < -0.3 is 14.8 Å². The third-order valence-corrected chi connectivity index (χ3v) is 2.84. The molecule has 1 unspecified atom stereocenters. The normalized spacial score (nSPS) is 19.9. The van der Waals surface area contributed by atoms with Crippen molar-refractivity contribution >= 4 is 0 Å². The van der Waals surface area contributed by atoms with Crippen LogP contribution in [0, 0.1) is 5.92 Å².